The summed E-state index contributed by atoms with van der Waals surface area (Å²) in [7, 11) is 0. The number of fused-ring (bicyclic) bond motifs is 1. The molecule has 1 amide bonds. The fourth-order valence-corrected chi connectivity index (χ4v) is 3.58. The first kappa shape index (κ1) is 16.5. The maximum absolute atomic E-state index is 11.5. The maximum Gasteiger partial charge on any atom is 0.234 e. The fourth-order valence-electron chi connectivity index (χ4n) is 2.83. The molecule has 1 aromatic rings. The molecule has 1 atom stereocenters. The van der Waals surface area contributed by atoms with Gasteiger partial charge in [0.05, 0.1) is 11.9 Å². The summed E-state index contributed by atoms with van der Waals surface area (Å²) in [5, 5.41) is 7.02. The number of thioether (sulfide) groups is 1. The van der Waals surface area contributed by atoms with Crippen molar-refractivity contribution in [3.63, 3.8) is 0 Å². The zero-order valence-corrected chi connectivity index (χ0v) is 14.2. The van der Waals surface area contributed by atoms with E-state index in [4.69, 9.17) is 4.74 Å². The van der Waals surface area contributed by atoms with Crippen molar-refractivity contribution < 1.29 is 9.53 Å². The molecule has 0 spiro atoms. The third kappa shape index (κ3) is 4.55. The molecule has 0 saturated carbocycles. The molecule has 0 radical (unpaired) electrons. The normalized spacial score (nSPS) is 22.1. The standard InChI is InChI=1S/C15H23N5O2S/c1-11-8-20(6-3-7-22-11)5-2-4-16-14-13-15(18-10-17-14)23-9-12(21)19-13/h10-11H,2-9H2,1H3,(H,19,21)(H,16,17,18). The van der Waals surface area contributed by atoms with Gasteiger partial charge in [0.25, 0.3) is 0 Å². The molecule has 1 fully saturated rings. The van der Waals surface area contributed by atoms with Gasteiger partial charge in [-0.15, -0.1) is 0 Å². The predicted molar refractivity (Wildman–Crippen MR) is 91.0 cm³/mol. The van der Waals surface area contributed by atoms with Gasteiger partial charge in [-0.05, 0) is 26.3 Å². The van der Waals surface area contributed by atoms with Gasteiger partial charge in [-0.2, -0.15) is 0 Å². The number of nitrogens with one attached hydrogen (secondary N) is 2. The minimum Gasteiger partial charge on any atom is -0.377 e. The van der Waals surface area contributed by atoms with Crippen molar-refractivity contribution in [3.05, 3.63) is 6.33 Å². The first-order chi connectivity index (χ1) is 11.2. The van der Waals surface area contributed by atoms with Crippen molar-refractivity contribution in [1.82, 2.24) is 14.9 Å². The molecule has 0 aromatic carbocycles. The van der Waals surface area contributed by atoms with Crippen LogP contribution in [0.3, 0.4) is 0 Å². The third-order valence-corrected chi connectivity index (χ3v) is 4.89. The van der Waals surface area contributed by atoms with Crippen LogP contribution in [-0.4, -0.2) is 65.4 Å². The molecular formula is C15H23N5O2S. The van der Waals surface area contributed by atoms with Crippen LogP contribution in [0.15, 0.2) is 11.4 Å². The van der Waals surface area contributed by atoms with Gasteiger partial charge in [0, 0.05) is 26.2 Å². The van der Waals surface area contributed by atoms with E-state index in [1.807, 2.05) is 0 Å². The third-order valence-electron chi connectivity index (χ3n) is 3.90. The molecule has 0 aliphatic carbocycles. The van der Waals surface area contributed by atoms with Crippen LogP contribution in [-0.2, 0) is 9.53 Å². The van der Waals surface area contributed by atoms with Crippen molar-refractivity contribution in [2.45, 2.75) is 30.9 Å². The Hall–Kier alpha value is -1.38. The Morgan fingerprint density at radius 1 is 1.52 bits per heavy atom. The highest BCUT2D eigenvalue weighted by Gasteiger charge is 2.20. The van der Waals surface area contributed by atoms with Crippen LogP contribution < -0.4 is 10.6 Å². The summed E-state index contributed by atoms with van der Waals surface area (Å²) >= 11 is 1.45. The number of hydrogen-bond acceptors (Lipinski definition) is 7. The van der Waals surface area contributed by atoms with E-state index in [0.717, 1.165) is 50.7 Å². The van der Waals surface area contributed by atoms with E-state index in [9.17, 15) is 4.79 Å². The largest absolute Gasteiger partial charge is 0.377 e. The Morgan fingerprint density at radius 3 is 3.35 bits per heavy atom. The summed E-state index contributed by atoms with van der Waals surface area (Å²) in [5.74, 6) is 1.13. The number of amides is 1. The lowest BCUT2D eigenvalue weighted by Crippen LogP contribution is -2.32. The van der Waals surface area contributed by atoms with E-state index >= 15 is 0 Å². The minimum atomic E-state index is -0.00101. The highest BCUT2D eigenvalue weighted by atomic mass is 32.2. The Bertz CT molecular complexity index is 557. The maximum atomic E-state index is 11.5. The molecular weight excluding hydrogens is 314 g/mol. The predicted octanol–water partition coefficient (Wildman–Crippen LogP) is 1.43. The van der Waals surface area contributed by atoms with Gasteiger partial charge in [0.15, 0.2) is 5.82 Å². The second kappa shape index (κ2) is 7.94. The number of aromatic nitrogens is 2. The second-order valence-corrected chi connectivity index (χ2v) is 6.82. The summed E-state index contributed by atoms with van der Waals surface area (Å²) in [5.41, 5.74) is 0.713. The van der Waals surface area contributed by atoms with Crippen LogP contribution in [0.5, 0.6) is 0 Å². The zero-order valence-electron chi connectivity index (χ0n) is 13.4. The first-order valence-electron chi connectivity index (χ1n) is 8.08. The Balaban J connectivity index is 1.48. The molecule has 1 unspecified atom stereocenters. The molecule has 8 heteroatoms. The first-order valence-corrected chi connectivity index (χ1v) is 9.06. The van der Waals surface area contributed by atoms with Gasteiger partial charge in [-0.3, -0.25) is 4.79 Å². The summed E-state index contributed by atoms with van der Waals surface area (Å²) in [4.78, 5) is 22.5. The van der Waals surface area contributed by atoms with Gasteiger partial charge < -0.3 is 20.3 Å². The van der Waals surface area contributed by atoms with E-state index < -0.39 is 0 Å². The number of anilines is 2. The summed E-state index contributed by atoms with van der Waals surface area (Å²) in [6, 6.07) is 0. The van der Waals surface area contributed by atoms with E-state index in [1.54, 1.807) is 6.33 Å². The lowest BCUT2D eigenvalue weighted by atomic mass is 10.3. The van der Waals surface area contributed by atoms with Crippen LogP contribution in [0.2, 0.25) is 0 Å². The number of hydrogen-bond donors (Lipinski definition) is 2. The lowest BCUT2D eigenvalue weighted by molar-refractivity contribution is -0.113. The molecule has 3 heterocycles. The van der Waals surface area contributed by atoms with Crippen molar-refractivity contribution in [2.24, 2.45) is 0 Å². The smallest absolute Gasteiger partial charge is 0.234 e. The molecule has 2 aliphatic heterocycles. The summed E-state index contributed by atoms with van der Waals surface area (Å²) in [6.45, 7) is 6.94. The number of ether oxygens (including phenoxy) is 1. The quantitative estimate of drug-likeness (QED) is 0.621. The van der Waals surface area contributed by atoms with Crippen LogP contribution in [0.1, 0.15) is 19.8 Å². The highest BCUT2D eigenvalue weighted by Crippen LogP contribution is 2.33. The summed E-state index contributed by atoms with van der Waals surface area (Å²) < 4.78 is 5.66. The van der Waals surface area contributed by atoms with E-state index in [2.05, 4.69) is 32.4 Å². The molecule has 1 aromatic heterocycles. The Kier molecular flexibility index (Phi) is 5.69. The van der Waals surface area contributed by atoms with Gasteiger partial charge >= 0.3 is 0 Å². The average Bonchev–Trinajstić information content (AvgIpc) is 2.76. The second-order valence-electron chi connectivity index (χ2n) is 5.86. The van der Waals surface area contributed by atoms with Crippen LogP contribution in [0, 0.1) is 0 Å². The SMILES string of the molecule is CC1CN(CCCNc2ncnc3c2NC(=O)CS3)CCCO1. The Morgan fingerprint density at radius 2 is 2.43 bits per heavy atom. The van der Waals surface area contributed by atoms with E-state index in [-0.39, 0.29) is 5.91 Å². The van der Waals surface area contributed by atoms with Crippen LogP contribution in [0.25, 0.3) is 0 Å². The molecule has 23 heavy (non-hydrogen) atoms. The average molecular weight is 337 g/mol. The minimum absolute atomic E-state index is 0.00101. The van der Waals surface area contributed by atoms with Crippen molar-refractivity contribution in [1.29, 1.82) is 0 Å². The van der Waals surface area contributed by atoms with Gasteiger partial charge in [-0.1, -0.05) is 11.8 Å². The van der Waals surface area contributed by atoms with Crippen molar-refractivity contribution >= 4 is 29.2 Å². The van der Waals surface area contributed by atoms with E-state index in [1.165, 1.54) is 11.8 Å². The van der Waals surface area contributed by atoms with Gasteiger partial charge in [0.2, 0.25) is 5.91 Å². The number of carbonyl (C=O) groups excluding carboxylic acids is 1. The molecule has 2 N–H and O–H groups in total. The molecule has 126 valence electrons. The van der Waals surface area contributed by atoms with E-state index in [0.29, 0.717) is 23.4 Å². The Labute approximate surface area is 140 Å². The van der Waals surface area contributed by atoms with Gasteiger partial charge in [-0.25, -0.2) is 9.97 Å². The molecule has 0 bridgehead atoms. The lowest BCUT2D eigenvalue weighted by Gasteiger charge is -2.22. The molecule has 7 nitrogen and oxygen atoms in total. The summed E-state index contributed by atoms with van der Waals surface area (Å²) in [6.07, 6.45) is 3.97. The van der Waals surface area contributed by atoms with Crippen LogP contribution >= 0.6 is 11.8 Å². The topological polar surface area (TPSA) is 79.4 Å². The fraction of sp³-hybridized carbons (Fsp3) is 0.667. The van der Waals surface area contributed by atoms with Crippen molar-refractivity contribution in [3.8, 4) is 0 Å². The zero-order chi connectivity index (χ0) is 16.1. The monoisotopic (exact) mass is 337 g/mol. The molecule has 2 aliphatic rings. The number of carbonyl (C=O) groups is 1. The van der Waals surface area contributed by atoms with Gasteiger partial charge in [0.1, 0.15) is 17.0 Å². The molecule has 3 rings (SSSR count). The van der Waals surface area contributed by atoms with Crippen molar-refractivity contribution in [2.75, 3.05) is 49.2 Å². The number of rotatable bonds is 5. The molecule has 1 saturated heterocycles. The highest BCUT2D eigenvalue weighted by molar-refractivity contribution is 8.00. The van der Waals surface area contributed by atoms with Crippen LogP contribution in [0.4, 0.5) is 11.5 Å². The number of nitrogens with zero attached hydrogens (tertiary/aromatic N) is 3.